The second-order valence-electron chi connectivity index (χ2n) is 0.226. The summed E-state index contributed by atoms with van der Waals surface area (Å²) in [5.41, 5.74) is 0. The molecule has 0 saturated heterocycles. The van der Waals surface area contributed by atoms with Crippen molar-refractivity contribution in [3.05, 3.63) is 0 Å². The van der Waals surface area contributed by atoms with Gasteiger partial charge in [-0.25, -0.2) is 0 Å². The molecule has 0 aliphatic rings. The van der Waals surface area contributed by atoms with Gasteiger partial charge in [-0.05, 0) is 0 Å². The third-order valence-electron chi connectivity index (χ3n) is 0. The maximum atomic E-state index is 9.35. The summed E-state index contributed by atoms with van der Waals surface area (Å²) in [6, 6.07) is 0. The van der Waals surface area contributed by atoms with Crippen LogP contribution >= 0.6 is 38.5 Å². The van der Waals surface area contributed by atoms with E-state index in [-0.39, 0.29) is 2.70 Å². The standard InChI is InChI=1S/CBrIO/c2-1(3)4. The Hall–Kier alpha value is 0.880. The third kappa shape index (κ3) is 13.1. The molecule has 0 aromatic rings. The van der Waals surface area contributed by atoms with Gasteiger partial charge in [0, 0.05) is 38.5 Å². The summed E-state index contributed by atoms with van der Waals surface area (Å²) in [6.45, 7) is 0. The van der Waals surface area contributed by atoms with Gasteiger partial charge in [0.25, 0.3) is 2.70 Å². The van der Waals surface area contributed by atoms with Gasteiger partial charge in [-0.2, -0.15) is 0 Å². The molecule has 0 bridgehead atoms. The van der Waals surface area contributed by atoms with Crippen LogP contribution in [0.5, 0.6) is 0 Å². The summed E-state index contributed by atoms with van der Waals surface area (Å²) in [7, 11) is 0. The van der Waals surface area contributed by atoms with Crippen LogP contribution in [0, 0.1) is 0 Å². The molecule has 0 amide bonds. The molecule has 0 fully saturated rings. The maximum Gasteiger partial charge on any atom is 0.256 e. The Bertz CT molecular complexity index is 31.0. The highest BCUT2D eigenvalue weighted by Crippen LogP contribution is 1.94. The van der Waals surface area contributed by atoms with Crippen LogP contribution in [0.15, 0.2) is 0 Å². The van der Waals surface area contributed by atoms with Gasteiger partial charge in [-0.1, -0.05) is 0 Å². The first-order chi connectivity index (χ1) is 1.73. The zero-order chi connectivity index (χ0) is 3.58. The van der Waals surface area contributed by atoms with Crippen molar-refractivity contribution in [2.45, 2.75) is 0 Å². The quantitative estimate of drug-likeness (QED) is 0.463. The number of hydrogen-bond donors (Lipinski definition) is 0. The molecule has 0 radical (unpaired) electrons. The van der Waals surface area contributed by atoms with Crippen LogP contribution in [0.2, 0.25) is 0 Å². The number of carbonyl (C=O) groups is 1. The number of carbonyl (C=O) groups excluding carboxylic acids is 1. The van der Waals surface area contributed by atoms with E-state index in [2.05, 4.69) is 15.9 Å². The fourth-order valence-electron chi connectivity index (χ4n) is 0. The zero-order valence-corrected chi connectivity index (χ0v) is 5.41. The summed E-state index contributed by atoms with van der Waals surface area (Å²) in [5, 5.41) is 0. The summed E-state index contributed by atoms with van der Waals surface area (Å²) in [6.07, 6.45) is 0. The van der Waals surface area contributed by atoms with Crippen molar-refractivity contribution in [1.29, 1.82) is 0 Å². The van der Waals surface area contributed by atoms with Crippen molar-refractivity contribution < 1.29 is 4.79 Å². The number of halogens is 2. The van der Waals surface area contributed by atoms with E-state index in [1.54, 1.807) is 22.6 Å². The van der Waals surface area contributed by atoms with E-state index in [9.17, 15) is 4.79 Å². The Morgan fingerprint density at radius 3 is 2.00 bits per heavy atom. The van der Waals surface area contributed by atoms with Gasteiger partial charge >= 0.3 is 0 Å². The predicted molar refractivity (Wildman–Crippen MR) is 28.3 cm³/mol. The number of hydrogen-bond acceptors (Lipinski definition) is 1. The van der Waals surface area contributed by atoms with Crippen molar-refractivity contribution >= 4 is 41.2 Å². The van der Waals surface area contributed by atoms with Gasteiger partial charge in [-0.3, -0.25) is 4.79 Å². The molecule has 0 heterocycles. The lowest BCUT2D eigenvalue weighted by Crippen LogP contribution is -1.42. The zero-order valence-electron chi connectivity index (χ0n) is 1.66. The van der Waals surface area contributed by atoms with Crippen LogP contribution in [-0.4, -0.2) is 2.70 Å². The molecule has 0 rings (SSSR count). The molecule has 0 aliphatic heterocycles. The van der Waals surface area contributed by atoms with Crippen LogP contribution in [0.1, 0.15) is 0 Å². The van der Waals surface area contributed by atoms with Crippen LogP contribution in [0.4, 0.5) is 4.79 Å². The van der Waals surface area contributed by atoms with Crippen LogP contribution in [0.25, 0.3) is 0 Å². The minimum absolute atomic E-state index is 0.0508. The molecule has 1 nitrogen and oxygen atoms in total. The monoisotopic (exact) mass is 234 g/mol. The molecule has 0 spiro atoms. The molecule has 0 aliphatic carbocycles. The van der Waals surface area contributed by atoms with Crippen molar-refractivity contribution in [2.24, 2.45) is 0 Å². The lowest BCUT2D eigenvalue weighted by molar-refractivity contribution is 0.279. The van der Waals surface area contributed by atoms with E-state index >= 15 is 0 Å². The minimum Gasteiger partial charge on any atom is -0.275 e. The molecule has 0 saturated carbocycles. The molecule has 24 valence electrons. The van der Waals surface area contributed by atoms with E-state index in [0.717, 1.165) is 0 Å². The Morgan fingerprint density at radius 1 is 2.00 bits per heavy atom. The second kappa shape index (κ2) is 2.14. The minimum atomic E-state index is -0.0508. The molecular weight excluding hydrogens is 235 g/mol. The lowest BCUT2D eigenvalue weighted by Gasteiger charge is -1.49. The van der Waals surface area contributed by atoms with E-state index in [0.29, 0.717) is 0 Å². The summed E-state index contributed by atoms with van der Waals surface area (Å²) in [4.78, 5) is 9.35. The van der Waals surface area contributed by atoms with Gasteiger partial charge in [0.1, 0.15) is 0 Å². The van der Waals surface area contributed by atoms with Gasteiger partial charge in [0.15, 0.2) is 0 Å². The molecule has 0 atom stereocenters. The molecule has 0 N–H and O–H groups in total. The van der Waals surface area contributed by atoms with Crippen molar-refractivity contribution in [3.63, 3.8) is 0 Å². The first kappa shape index (κ1) is 4.88. The SMILES string of the molecule is O=C(Br)I. The summed E-state index contributed by atoms with van der Waals surface area (Å²) < 4.78 is -0.0508. The Morgan fingerprint density at radius 2 is 2.00 bits per heavy atom. The van der Waals surface area contributed by atoms with E-state index in [1.165, 1.54) is 0 Å². The van der Waals surface area contributed by atoms with Gasteiger partial charge in [-0.15, -0.1) is 0 Å². The highest BCUT2D eigenvalue weighted by molar-refractivity contribution is 14.1. The summed E-state index contributed by atoms with van der Waals surface area (Å²) in [5.74, 6) is 0. The molecule has 4 heavy (non-hydrogen) atoms. The highest BCUT2D eigenvalue weighted by Gasteiger charge is 1.70. The summed E-state index contributed by atoms with van der Waals surface area (Å²) >= 11 is 4.24. The van der Waals surface area contributed by atoms with Crippen molar-refractivity contribution in [2.75, 3.05) is 0 Å². The molecule has 0 unspecified atom stereocenters. The first-order valence-corrected chi connectivity index (χ1v) is 2.45. The predicted octanol–water partition coefficient (Wildman–Crippen LogP) is 1.94. The van der Waals surface area contributed by atoms with E-state index in [1.807, 2.05) is 0 Å². The Balaban J connectivity index is 2.80. The highest BCUT2D eigenvalue weighted by atomic mass is 127. The lowest BCUT2D eigenvalue weighted by atomic mass is 11.9. The molecule has 3 heteroatoms. The number of rotatable bonds is 0. The van der Waals surface area contributed by atoms with Crippen LogP contribution < -0.4 is 0 Å². The first-order valence-electron chi connectivity index (χ1n) is 0.582. The fourth-order valence-corrected chi connectivity index (χ4v) is 0. The van der Waals surface area contributed by atoms with Crippen LogP contribution in [0.3, 0.4) is 0 Å². The van der Waals surface area contributed by atoms with Crippen molar-refractivity contribution in [1.82, 2.24) is 0 Å². The molecular formula is CBrIO. The Labute approximate surface area is 46.0 Å². The largest absolute Gasteiger partial charge is 0.275 e. The van der Waals surface area contributed by atoms with Gasteiger partial charge in [0.05, 0.1) is 0 Å². The fraction of sp³-hybridized carbons (Fsp3) is 0. The van der Waals surface area contributed by atoms with Crippen LogP contribution in [-0.2, 0) is 0 Å². The smallest absolute Gasteiger partial charge is 0.256 e. The topological polar surface area (TPSA) is 17.1 Å². The third-order valence-corrected chi connectivity index (χ3v) is 0. The Kier molecular flexibility index (Phi) is 2.61. The van der Waals surface area contributed by atoms with Gasteiger partial charge < -0.3 is 0 Å². The van der Waals surface area contributed by atoms with E-state index in [4.69, 9.17) is 0 Å². The average Bonchev–Trinajstić information content (AvgIpc) is 0.811. The normalized spacial score (nSPS) is 6.50. The molecule has 0 aromatic heterocycles. The van der Waals surface area contributed by atoms with E-state index < -0.39 is 0 Å². The van der Waals surface area contributed by atoms with Crippen molar-refractivity contribution in [3.8, 4) is 0 Å². The molecule has 0 aromatic carbocycles. The van der Waals surface area contributed by atoms with Gasteiger partial charge in [0.2, 0.25) is 0 Å². The maximum absolute atomic E-state index is 9.35. The average molecular weight is 235 g/mol. The second-order valence-corrected chi connectivity index (χ2v) is 3.41.